The summed E-state index contributed by atoms with van der Waals surface area (Å²) in [6, 6.07) is 6.48. The van der Waals surface area contributed by atoms with Gasteiger partial charge >= 0.3 is 0 Å². The third-order valence-electron chi connectivity index (χ3n) is 2.88. The van der Waals surface area contributed by atoms with E-state index in [1.54, 1.807) is 12.1 Å². The highest BCUT2D eigenvalue weighted by molar-refractivity contribution is 7.89. The average molecular weight is 313 g/mol. The van der Waals surface area contributed by atoms with Gasteiger partial charge in [0.25, 0.3) is 0 Å². The van der Waals surface area contributed by atoms with Crippen LogP contribution in [0.4, 0.5) is 0 Å². The summed E-state index contributed by atoms with van der Waals surface area (Å²) in [5.41, 5.74) is 6.26. The number of sulfonamides is 1. The van der Waals surface area contributed by atoms with Gasteiger partial charge in [0.2, 0.25) is 15.9 Å². The predicted molar refractivity (Wildman–Crippen MR) is 82.3 cm³/mol. The van der Waals surface area contributed by atoms with E-state index < -0.39 is 15.6 Å². The molecule has 0 fully saturated rings. The topological polar surface area (TPSA) is 101 Å². The molecule has 0 spiro atoms. The molecule has 0 aliphatic carbocycles. The van der Waals surface area contributed by atoms with Gasteiger partial charge < -0.3 is 11.1 Å². The molecule has 21 heavy (non-hydrogen) atoms. The summed E-state index contributed by atoms with van der Waals surface area (Å²) in [5.74, 6) is -0.0690. The molecule has 6 nitrogen and oxygen atoms in total. The van der Waals surface area contributed by atoms with Crippen LogP contribution in [0.15, 0.2) is 29.2 Å². The Morgan fingerprint density at radius 3 is 2.29 bits per heavy atom. The van der Waals surface area contributed by atoms with Gasteiger partial charge in [0.15, 0.2) is 0 Å². The predicted octanol–water partition coefficient (Wildman–Crippen LogP) is 0.381. The summed E-state index contributed by atoms with van der Waals surface area (Å²) in [6.45, 7) is 4.10. The summed E-state index contributed by atoms with van der Waals surface area (Å²) >= 11 is 0. The number of benzene rings is 1. The summed E-state index contributed by atoms with van der Waals surface area (Å²) in [6.07, 6.45) is 0.894. The number of carbonyl (C=O) groups is 1. The fourth-order valence-corrected chi connectivity index (χ4v) is 2.36. The second kappa shape index (κ2) is 7.02. The van der Waals surface area contributed by atoms with Crippen molar-refractivity contribution in [1.29, 1.82) is 0 Å². The summed E-state index contributed by atoms with van der Waals surface area (Å²) in [7, 11) is -2.05. The number of amides is 1. The second-order valence-electron chi connectivity index (χ2n) is 5.62. The first-order valence-electron chi connectivity index (χ1n) is 6.72. The van der Waals surface area contributed by atoms with Crippen LogP contribution in [0.2, 0.25) is 0 Å². The van der Waals surface area contributed by atoms with Crippen LogP contribution in [0.1, 0.15) is 25.8 Å². The smallest absolute Gasteiger partial charge is 0.240 e. The molecule has 1 rings (SSSR count). The van der Waals surface area contributed by atoms with Crippen LogP contribution in [0.3, 0.4) is 0 Å². The van der Waals surface area contributed by atoms with Gasteiger partial charge in [-0.05, 0) is 45.0 Å². The Hall–Kier alpha value is -1.44. The molecule has 0 unspecified atom stereocenters. The van der Waals surface area contributed by atoms with E-state index in [2.05, 4.69) is 10.0 Å². The number of aryl methyl sites for hydroxylation is 1. The van der Waals surface area contributed by atoms with Crippen molar-refractivity contribution in [3.05, 3.63) is 29.8 Å². The molecular weight excluding hydrogens is 290 g/mol. The molecule has 4 N–H and O–H groups in total. The van der Waals surface area contributed by atoms with Crippen molar-refractivity contribution in [2.45, 2.75) is 37.1 Å². The van der Waals surface area contributed by atoms with Crippen LogP contribution < -0.4 is 15.8 Å². The van der Waals surface area contributed by atoms with E-state index >= 15 is 0 Å². The van der Waals surface area contributed by atoms with Gasteiger partial charge in [-0.25, -0.2) is 13.1 Å². The lowest BCUT2D eigenvalue weighted by atomic mass is 10.1. The maximum Gasteiger partial charge on any atom is 0.240 e. The first-order chi connectivity index (χ1) is 9.64. The third kappa shape index (κ3) is 6.24. The fraction of sp³-hybridized carbons (Fsp3) is 0.500. The zero-order valence-electron chi connectivity index (χ0n) is 12.6. The van der Waals surface area contributed by atoms with E-state index in [0.29, 0.717) is 19.4 Å². The second-order valence-corrected chi connectivity index (χ2v) is 7.50. The molecule has 0 bridgehead atoms. The van der Waals surface area contributed by atoms with Crippen LogP contribution in [0.5, 0.6) is 0 Å². The van der Waals surface area contributed by atoms with E-state index in [4.69, 9.17) is 5.73 Å². The zero-order valence-corrected chi connectivity index (χ0v) is 13.5. The lowest BCUT2D eigenvalue weighted by Gasteiger charge is -2.18. The molecule has 0 aliphatic rings. The molecule has 0 saturated heterocycles. The molecule has 0 saturated carbocycles. The van der Waals surface area contributed by atoms with Crippen molar-refractivity contribution in [2.24, 2.45) is 5.73 Å². The monoisotopic (exact) mass is 313 g/mol. The number of nitrogens with two attached hydrogens (primary N) is 1. The normalized spacial score (nSPS) is 12.2. The highest BCUT2D eigenvalue weighted by Gasteiger charge is 2.13. The van der Waals surface area contributed by atoms with E-state index in [1.165, 1.54) is 19.2 Å². The van der Waals surface area contributed by atoms with Crippen molar-refractivity contribution in [3.63, 3.8) is 0 Å². The minimum absolute atomic E-state index is 0.0690. The molecular formula is C14H23N3O3S. The molecule has 1 aromatic rings. The van der Waals surface area contributed by atoms with Gasteiger partial charge in [0.1, 0.15) is 0 Å². The Kier molecular flexibility index (Phi) is 5.88. The standard InChI is InChI=1S/C14H23N3O3S/c1-14(2,15)10-17-13(18)9-6-11-4-7-12(8-5-11)21(19,20)16-3/h4-5,7-8,16H,6,9-10,15H2,1-3H3,(H,17,18). The van der Waals surface area contributed by atoms with Crippen molar-refractivity contribution < 1.29 is 13.2 Å². The highest BCUT2D eigenvalue weighted by atomic mass is 32.2. The third-order valence-corrected chi connectivity index (χ3v) is 4.31. The van der Waals surface area contributed by atoms with Gasteiger partial charge in [-0.1, -0.05) is 12.1 Å². The average Bonchev–Trinajstić information content (AvgIpc) is 2.42. The summed E-state index contributed by atoms with van der Waals surface area (Å²) < 4.78 is 25.4. The molecule has 0 aliphatic heterocycles. The van der Waals surface area contributed by atoms with Gasteiger partial charge in [0.05, 0.1) is 4.90 Å². The maximum atomic E-state index is 11.7. The Bertz CT molecular complexity index is 574. The van der Waals surface area contributed by atoms with E-state index in [0.717, 1.165) is 5.56 Å². The number of carbonyl (C=O) groups excluding carboxylic acids is 1. The quantitative estimate of drug-likeness (QED) is 0.677. The van der Waals surface area contributed by atoms with Gasteiger partial charge in [-0.15, -0.1) is 0 Å². The van der Waals surface area contributed by atoms with Crippen molar-refractivity contribution in [1.82, 2.24) is 10.0 Å². The lowest BCUT2D eigenvalue weighted by molar-refractivity contribution is -0.121. The van der Waals surface area contributed by atoms with Crippen molar-refractivity contribution in [2.75, 3.05) is 13.6 Å². The minimum Gasteiger partial charge on any atom is -0.354 e. The molecule has 118 valence electrons. The van der Waals surface area contributed by atoms with E-state index in [9.17, 15) is 13.2 Å². The molecule has 0 aromatic heterocycles. The molecule has 0 atom stereocenters. The first-order valence-corrected chi connectivity index (χ1v) is 8.20. The molecule has 1 aromatic carbocycles. The van der Waals surface area contributed by atoms with Crippen LogP contribution in [-0.2, 0) is 21.2 Å². The van der Waals surface area contributed by atoms with E-state index in [-0.39, 0.29) is 10.8 Å². The summed E-state index contributed by atoms with van der Waals surface area (Å²) in [4.78, 5) is 11.9. The molecule has 1 amide bonds. The number of nitrogens with one attached hydrogen (secondary N) is 2. The SMILES string of the molecule is CNS(=O)(=O)c1ccc(CCC(=O)NCC(C)(C)N)cc1. The minimum atomic E-state index is -3.41. The highest BCUT2D eigenvalue weighted by Crippen LogP contribution is 2.11. The largest absolute Gasteiger partial charge is 0.354 e. The Balaban J connectivity index is 2.52. The molecule has 0 heterocycles. The van der Waals surface area contributed by atoms with Crippen molar-refractivity contribution in [3.8, 4) is 0 Å². The number of hydrogen-bond donors (Lipinski definition) is 3. The van der Waals surface area contributed by atoms with Gasteiger partial charge in [-0.2, -0.15) is 0 Å². The van der Waals surface area contributed by atoms with Crippen LogP contribution >= 0.6 is 0 Å². The zero-order chi connectivity index (χ0) is 16.1. The van der Waals surface area contributed by atoms with Crippen LogP contribution in [0.25, 0.3) is 0 Å². The number of rotatable bonds is 7. The van der Waals surface area contributed by atoms with Gasteiger partial charge in [-0.3, -0.25) is 4.79 Å². The van der Waals surface area contributed by atoms with Gasteiger partial charge in [0, 0.05) is 18.5 Å². The van der Waals surface area contributed by atoms with Crippen LogP contribution in [0, 0.1) is 0 Å². The molecule has 0 radical (unpaired) electrons. The first kappa shape index (κ1) is 17.6. The molecule has 7 heteroatoms. The Morgan fingerprint density at radius 2 is 1.81 bits per heavy atom. The Morgan fingerprint density at radius 1 is 1.24 bits per heavy atom. The number of hydrogen-bond acceptors (Lipinski definition) is 4. The summed E-state index contributed by atoms with van der Waals surface area (Å²) in [5, 5.41) is 2.77. The van der Waals surface area contributed by atoms with Crippen LogP contribution in [-0.4, -0.2) is 33.5 Å². The Labute approximate surface area is 126 Å². The lowest BCUT2D eigenvalue weighted by Crippen LogP contribution is -2.45. The van der Waals surface area contributed by atoms with Crippen molar-refractivity contribution >= 4 is 15.9 Å². The fourth-order valence-electron chi connectivity index (χ4n) is 1.63. The maximum absolute atomic E-state index is 11.7. The van der Waals surface area contributed by atoms with E-state index in [1.807, 2.05) is 13.8 Å².